The fourth-order valence-corrected chi connectivity index (χ4v) is 6.73. The summed E-state index contributed by atoms with van der Waals surface area (Å²) in [5.41, 5.74) is 0.795. The zero-order valence-electron chi connectivity index (χ0n) is 25.8. The average Bonchev–Trinajstić information content (AvgIpc) is 3.06. The van der Waals surface area contributed by atoms with Crippen LogP contribution in [0.4, 0.5) is 11.4 Å². The Kier molecular flexibility index (Phi) is 12.0. The van der Waals surface area contributed by atoms with Gasteiger partial charge in [-0.3, -0.25) is 24.0 Å². The zero-order valence-corrected chi connectivity index (χ0v) is 28.1. The van der Waals surface area contributed by atoms with E-state index >= 15 is 0 Å². The molecule has 0 fully saturated rings. The van der Waals surface area contributed by atoms with Gasteiger partial charge in [0.15, 0.2) is 0 Å². The van der Waals surface area contributed by atoms with Gasteiger partial charge < -0.3 is 10.2 Å². The molecule has 2 amide bonds. The van der Waals surface area contributed by atoms with Crippen molar-refractivity contribution in [2.75, 3.05) is 10.8 Å². The zero-order chi connectivity index (χ0) is 34.1. The van der Waals surface area contributed by atoms with E-state index in [-0.39, 0.29) is 40.3 Å². The van der Waals surface area contributed by atoms with Crippen molar-refractivity contribution in [3.8, 4) is 0 Å². The monoisotopic (exact) mass is 696 g/mol. The van der Waals surface area contributed by atoms with Crippen LogP contribution in [0.5, 0.6) is 0 Å². The minimum Gasteiger partial charge on any atom is -0.352 e. The number of sulfonamides is 1. The maximum absolute atomic E-state index is 14.5. The van der Waals surface area contributed by atoms with Crippen LogP contribution in [0.1, 0.15) is 31.4 Å². The second-order valence-electron chi connectivity index (χ2n) is 10.9. The number of halogens is 2. The van der Waals surface area contributed by atoms with Gasteiger partial charge in [-0.1, -0.05) is 90.8 Å². The van der Waals surface area contributed by atoms with Crippen molar-refractivity contribution in [3.05, 3.63) is 134 Å². The van der Waals surface area contributed by atoms with Crippen molar-refractivity contribution in [2.24, 2.45) is 0 Å². The summed E-state index contributed by atoms with van der Waals surface area (Å²) < 4.78 is 29.0. The molecule has 0 aromatic heterocycles. The van der Waals surface area contributed by atoms with Crippen molar-refractivity contribution in [1.29, 1.82) is 0 Å². The van der Waals surface area contributed by atoms with E-state index < -0.39 is 39.3 Å². The largest absolute Gasteiger partial charge is 0.352 e. The Morgan fingerprint density at radius 2 is 1.57 bits per heavy atom. The summed E-state index contributed by atoms with van der Waals surface area (Å²) in [7, 11) is -4.42. The van der Waals surface area contributed by atoms with Gasteiger partial charge in [0.05, 0.1) is 15.5 Å². The number of nitro benzene ring substituents is 1. The second-order valence-corrected chi connectivity index (χ2v) is 13.6. The molecular weight excluding hydrogens is 663 g/mol. The molecule has 10 nitrogen and oxygen atoms in total. The maximum atomic E-state index is 14.5. The van der Waals surface area contributed by atoms with E-state index in [1.165, 1.54) is 53.4 Å². The number of carbonyl (C=O) groups excluding carboxylic acids is 2. The number of nitrogens with zero attached hydrogens (tertiary/aromatic N) is 3. The molecule has 0 aliphatic rings. The van der Waals surface area contributed by atoms with Crippen molar-refractivity contribution in [3.63, 3.8) is 0 Å². The summed E-state index contributed by atoms with van der Waals surface area (Å²) >= 11 is 12.7. The van der Waals surface area contributed by atoms with Crippen LogP contribution in [0.25, 0.3) is 0 Å². The molecule has 0 saturated carbocycles. The van der Waals surface area contributed by atoms with Crippen molar-refractivity contribution >= 4 is 56.4 Å². The van der Waals surface area contributed by atoms with E-state index in [4.69, 9.17) is 23.2 Å². The molecule has 47 heavy (non-hydrogen) atoms. The molecule has 2 atom stereocenters. The van der Waals surface area contributed by atoms with Crippen molar-refractivity contribution < 1.29 is 22.9 Å². The summed E-state index contributed by atoms with van der Waals surface area (Å²) in [5.74, 6) is -1.17. The van der Waals surface area contributed by atoms with E-state index in [9.17, 15) is 28.1 Å². The number of amides is 2. The Balaban J connectivity index is 1.85. The van der Waals surface area contributed by atoms with Gasteiger partial charge in [-0.25, -0.2) is 8.42 Å². The SMILES string of the molecule is CC[C@H](C)NC(=O)[C@@H](Cc1ccccc1)N(Cc1ccc(Cl)cc1Cl)C(=O)CN(c1cccc([N+](=O)[O-])c1)S(=O)(=O)c1ccccc1. The van der Waals surface area contributed by atoms with Gasteiger partial charge in [-0.2, -0.15) is 0 Å². The van der Waals surface area contributed by atoms with Gasteiger partial charge >= 0.3 is 0 Å². The highest BCUT2D eigenvalue weighted by Gasteiger charge is 2.35. The smallest absolute Gasteiger partial charge is 0.271 e. The number of non-ortho nitro benzene ring substituents is 1. The molecule has 0 aliphatic carbocycles. The highest BCUT2D eigenvalue weighted by atomic mass is 35.5. The fourth-order valence-electron chi connectivity index (χ4n) is 4.84. The first kappa shape index (κ1) is 35.4. The topological polar surface area (TPSA) is 130 Å². The van der Waals surface area contributed by atoms with Crippen molar-refractivity contribution in [2.45, 2.75) is 50.2 Å². The Morgan fingerprint density at radius 1 is 0.915 bits per heavy atom. The summed E-state index contributed by atoms with van der Waals surface area (Å²) in [6, 6.07) is 25.1. The molecule has 0 saturated heterocycles. The highest BCUT2D eigenvalue weighted by Crippen LogP contribution is 2.29. The van der Waals surface area contributed by atoms with Crippen LogP contribution in [0.3, 0.4) is 0 Å². The first-order chi connectivity index (χ1) is 22.4. The number of benzene rings is 4. The molecule has 0 spiro atoms. The van der Waals surface area contributed by atoms with Crippen LogP contribution >= 0.6 is 23.2 Å². The first-order valence-corrected chi connectivity index (χ1v) is 17.0. The lowest BCUT2D eigenvalue weighted by molar-refractivity contribution is -0.384. The molecule has 4 rings (SSSR count). The number of nitro groups is 1. The lowest BCUT2D eigenvalue weighted by Gasteiger charge is -2.34. The third-order valence-corrected chi connectivity index (χ3v) is 9.94. The Morgan fingerprint density at radius 3 is 2.19 bits per heavy atom. The summed E-state index contributed by atoms with van der Waals surface area (Å²) in [5, 5.41) is 15.2. The van der Waals surface area contributed by atoms with E-state index in [1.807, 2.05) is 44.2 Å². The van der Waals surface area contributed by atoms with Crippen LogP contribution in [0.2, 0.25) is 10.0 Å². The number of rotatable bonds is 14. The predicted molar refractivity (Wildman–Crippen MR) is 183 cm³/mol. The molecule has 1 N–H and O–H groups in total. The van der Waals surface area contributed by atoms with Crippen LogP contribution in [0.15, 0.2) is 108 Å². The lowest BCUT2D eigenvalue weighted by Crippen LogP contribution is -2.54. The van der Waals surface area contributed by atoms with E-state index in [1.54, 1.807) is 18.2 Å². The molecular formula is C34H34Cl2N4O6S. The van der Waals surface area contributed by atoms with Gasteiger partial charge in [0.2, 0.25) is 11.8 Å². The molecule has 0 radical (unpaired) electrons. The highest BCUT2D eigenvalue weighted by molar-refractivity contribution is 7.92. The first-order valence-electron chi connectivity index (χ1n) is 14.8. The number of carbonyl (C=O) groups is 2. The number of hydrogen-bond acceptors (Lipinski definition) is 6. The molecule has 0 heterocycles. The van der Waals surface area contributed by atoms with Crippen LogP contribution in [-0.2, 0) is 32.6 Å². The van der Waals surface area contributed by atoms with Gasteiger partial charge in [0.1, 0.15) is 12.6 Å². The number of hydrogen-bond donors (Lipinski definition) is 1. The third-order valence-electron chi connectivity index (χ3n) is 7.57. The van der Waals surface area contributed by atoms with E-state index in [0.29, 0.717) is 17.0 Å². The minimum atomic E-state index is -4.42. The molecule has 4 aromatic carbocycles. The Hall–Kier alpha value is -4.45. The predicted octanol–water partition coefficient (Wildman–Crippen LogP) is 6.65. The normalized spacial score (nSPS) is 12.5. The minimum absolute atomic E-state index is 0.0930. The van der Waals surface area contributed by atoms with Gasteiger partial charge in [-0.15, -0.1) is 0 Å². The van der Waals surface area contributed by atoms with Crippen LogP contribution < -0.4 is 9.62 Å². The molecule has 0 unspecified atom stereocenters. The Bertz CT molecular complexity index is 1830. The van der Waals surface area contributed by atoms with Crippen LogP contribution in [-0.4, -0.2) is 48.7 Å². The Labute approximate surface area is 284 Å². The van der Waals surface area contributed by atoms with Gasteiger partial charge in [-0.05, 0) is 54.8 Å². The average molecular weight is 698 g/mol. The molecule has 246 valence electrons. The number of nitrogens with one attached hydrogen (secondary N) is 1. The van der Waals surface area contributed by atoms with E-state index in [2.05, 4.69) is 5.32 Å². The van der Waals surface area contributed by atoms with Gasteiger partial charge in [0, 0.05) is 41.2 Å². The van der Waals surface area contributed by atoms with Gasteiger partial charge in [0.25, 0.3) is 15.7 Å². The molecule has 0 bridgehead atoms. The number of anilines is 1. The maximum Gasteiger partial charge on any atom is 0.271 e. The van der Waals surface area contributed by atoms with Crippen molar-refractivity contribution in [1.82, 2.24) is 10.2 Å². The molecule has 4 aromatic rings. The summed E-state index contributed by atoms with van der Waals surface area (Å²) in [4.78, 5) is 40.6. The fraction of sp³-hybridized carbons (Fsp3) is 0.235. The molecule has 13 heteroatoms. The summed E-state index contributed by atoms with van der Waals surface area (Å²) in [6.45, 7) is 2.83. The van der Waals surface area contributed by atoms with Crippen LogP contribution in [0, 0.1) is 10.1 Å². The summed E-state index contributed by atoms with van der Waals surface area (Å²) in [6.07, 6.45) is 0.749. The third kappa shape index (κ3) is 9.09. The second kappa shape index (κ2) is 15.9. The quantitative estimate of drug-likeness (QED) is 0.116. The standard InChI is InChI=1S/C34H34Cl2N4O6S/c1-3-24(2)37-34(42)32(19-25-11-6-4-7-12-25)38(22-26-17-18-27(35)20-31(26)36)33(41)23-39(28-13-10-14-29(21-28)40(43)44)47(45,46)30-15-8-5-9-16-30/h4-18,20-21,24,32H,3,19,22-23H2,1-2H3,(H,37,42)/t24-,32+/m0/s1. The van der Waals surface area contributed by atoms with E-state index in [0.717, 1.165) is 15.9 Å². The lowest BCUT2D eigenvalue weighted by atomic mass is 10.0. The molecule has 0 aliphatic heterocycles.